The molecule has 4 heteroatoms. The molecule has 4 nitrogen and oxygen atoms in total. The number of nitrogens with zero attached hydrogens (tertiary/aromatic N) is 2. The molecule has 0 spiro atoms. The summed E-state index contributed by atoms with van der Waals surface area (Å²) in [7, 11) is 0. The first kappa shape index (κ1) is 18.8. The Morgan fingerprint density at radius 1 is 1.12 bits per heavy atom. The van der Waals surface area contributed by atoms with E-state index in [0.29, 0.717) is 18.7 Å². The van der Waals surface area contributed by atoms with Crippen molar-refractivity contribution in [3.05, 3.63) is 35.9 Å². The fourth-order valence-corrected chi connectivity index (χ4v) is 3.45. The fourth-order valence-electron chi connectivity index (χ4n) is 3.45. The average molecular weight is 332 g/mol. The maximum atomic E-state index is 12.2. The molecule has 1 aliphatic rings. The van der Waals surface area contributed by atoms with Crippen molar-refractivity contribution in [2.75, 3.05) is 26.2 Å². The van der Waals surface area contributed by atoms with Crippen LogP contribution < -0.4 is 0 Å². The lowest BCUT2D eigenvalue weighted by atomic mass is 10.1. The molecule has 0 radical (unpaired) electrons. The third-order valence-electron chi connectivity index (χ3n) is 4.81. The molecular formula is C20H32N2O2. The molecule has 1 amide bonds. The number of hydrogen-bond donors (Lipinski definition) is 0. The summed E-state index contributed by atoms with van der Waals surface area (Å²) in [5.74, 6) is 0. The monoisotopic (exact) mass is 332 g/mol. The van der Waals surface area contributed by atoms with Gasteiger partial charge in [-0.2, -0.15) is 0 Å². The van der Waals surface area contributed by atoms with Crippen LogP contribution in [0.25, 0.3) is 0 Å². The standard InChI is InChI=1S/C20H32N2O2/c1-4-5-14-24-20(23)21-15-17(2)22(18(3)16-21)13-9-12-19-10-7-6-8-11-19/h6-8,10-11,17-18H,4-5,9,12-16H2,1-3H3. The highest BCUT2D eigenvalue weighted by molar-refractivity contribution is 5.67. The summed E-state index contributed by atoms with van der Waals surface area (Å²) < 4.78 is 5.36. The largest absolute Gasteiger partial charge is 0.449 e. The van der Waals surface area contributed by atoms with Gasteiger partial charge in [0.15, 0.2) is 0 Å². The second-order valence-corrected chi connectivity index (χ2v) is 6.90. The third kappa shape index (κ3) is 5.52. The van der Waals surface area contributed by atoms with Crippen molar-refractivity contribution in [3.63, 3.8) is 0 Å². The SMILES string of the molecule is CCCCOC(=O)N1CC(C)N(CCCc2ccccc2)C(C)C1. The molecule has 2 unspecified atom stereocenters. The van der Waals surface area contributed by atoms with Gasteiger partial charge in [-0.05, 0) is 45.2 Å². The molecule has 2 atom stereocenters. The predicted octanol–water partition coefficient (Wildman–Crippen LogP) is 3.95. The van der Waals surface area contributed by atoms with Gasteiger partial charge in [0.25, 0.3) is 0 Å². The van der Waals surface area contributed by atoms with E-state index in [2.05, 4.69) is 56.0 Å². The van der Waals surface area contributed by atoms with Crippen molar-refractivity contribution in [1.29, 1.82) is 0 Å². The molecule has 2 rings (SSSR count). The second-order valence-electron chi connectivity index (χ2n) is 6.90. The van der Waals surface area contributed by atoms with Crippen molar-refractivity contribution >= 4 is 6.09 Å². The lowest BCUT2D eigenvalue weighted by molar-refractivity contribution is 0.0267. The Bertz CT molecular complexity index is 480. The molecular weight excluding hydrogens is 300 g/mol. The van der Waals surface area contributed by atoms with E-state index < -0.39 is 0 Å². The molecule has 24 heavy (non-hydrogen) atoms. The number of benzene rings is 1. The van der Waals surface area contributed by atoms with E-state index in [0.717, 1.165) is 45.3 Å². The normalized spacial score (nSPS) is 21.7. The van der Waals surface area contributed by atoms with E-state index in [1.54, 1.807) is 0 Å². The Hall–Kier alpha value is -1.55. The summed E-state index contributed by atoms with van der Waals surface area (Å²) in [6, 6.07) is 11.4. The van der Waals surface area contributed by atoms with Gasteiger partial charge in [0.2, 0.25) is 0 Å². The van der Waals surface area contributed by atoms with E-state index in [4.69, 9.17) is 4.74 Å². The summed E-state index contributed by atoms with van der Waals surface area (Å²) in [6.07, 6.45) is 4.11. The zero-order valence-corrected chi connectivity index (χ0v) is 15.4. The van der Waals surface area contributed by atoms with E-state index in [-0.39, 0.29) is 6.09 Å². The van der Waals surface area contributed by atoms with Crippen LogP contribution in [-0.2, 0) is 11.2 Å². The Balaban J connectivity index is 1.77. The number of carbonyl (C=O) groups is 1. The van der Waals surface area contributed by atoms with Gasteiger partial charge >= 0.3 is 6.09 Å². The van der Waals surface area contributed by atoms with Gasteiger partial charge < -0.3 is 9.64 Å². The molecule has 1 heterocycles. The summed E-state index contributed by atoms with van der Waals surface area (Å²) in [5.41, 5.74) is 1.40. The van der Waals surface area contributed by atoms with Crippen molar-refractivity contribution < 1.29 is 9.53 Å². The van der Waals surface area contributed by atoms with Gasteiger partial charge in [-0.15, -0.1) is 0 Å². The van der Waals surface area contributed by atoms with Crippen molar-refractivity contribution in [2.45, 2.75) is 58.5 Å². The van der Waals surface area contributed by atoms with Crippen molar-refractivity contribution in [2.24, 2.45) is 0 Å². The minimum Gasteiger partial charge on any atom is -0.449 e. The highest BCUT2D eigenvalue weighted by Gasteiger charge is 2.31. The van der Waals surface area contributed by atoms with Crippen LogP contribution in [0.15, 0.2) is 30.3 Å². The van der Waals surface area contributed by atoms with Gasteiger partial charge in [0, 0.05) is 25.2 Å². The topological polar surface area (TPSA) is 32.8 Å². The second kappa shape index (κ2) is 9.67. The van der Waals surface area contributed by atoms with Crippen LogP contribution in [0.2, 0.25) is 0 Å². The Labute approximate surface area is 146 Å². The first-order chi connectivity index (χ1) is 11.6. The summed E-state index contributed by atoms with van der Waals surface area (Å²) >= 11 is 0. The maximum absolute atomic E-state index is 12.2. The van der Waals surface area contributed by atoms with Crippen molar-refractivity contribution in [1.82, 2.24) is 9.80 Å². The number of amides is 1. The van der Waals surface area contributed by atoms with Crippen LogP contribution in [0.4, 0.5) is 4.79 Å². The first-order valence-corrected chi connectivity index (χ1v) is 9.33. The molecule has 1 fully saturated rings. The lowest BCUT2D eigenvalue weighted by Gasteiger charge is -2.44. The number of carbonyl (C=O) groups excluding carboxylic acids is 1. The first-order valence-electron chi connectivity index (χ1n) is 9.33. The molecule has 0 N–H and O–H groups in total. The van der Waals surface area contributed by atoms with E-state index in [1.807, 2.05) is 4.90 Å². The Morgan fingerprint density at radius 3 is 2.42 bits per heavy atom. The molecule has 1 aromatic carbocycles. The van der Waals surface area contributed by atoms with Crippen LogP contribution in [0, 0.1) is 0 Å². The number of piperazine rings is 1. The van der Waals surface area contributed by atoms with Crippen LogP contribution >= 0.6 is 0 Å². The van der Waals surface area contributed by atoms with Gasteiger partial charge in [0.1, 0.15) is 0 Å². The minimum atomic E-state index is -0.147. The minimum absolute atomic E-state index is 0.147. The number of hydrogen-bond acceptors (Lipinski definition) is 3. The van der Waals surface area contributed by atoms with Crippen molar-refractivity contribution in [3.8, 4) is 0 Å². The highest BCUT2D eigenvalue weighted by Crippen LogP contribution is 2.17. The van der Waals surface area contributed by atoms with Gasteiger partial charge in [0.05, 0.1) is 6.61 Å². The molecule has 1 saturated heterocycles. The molecule has 0 saturated carbocycles. The zero-order valence-electron chi connectivity index (χ0n) is 15.4. The average Bonchev–Trinajstić information content (AvgIpc) is 2.58. The molecule has 0 bridgehead atoms. The van der Waals surface area contributed by atoms with E-state index in [1.165, 1.54) is 5.56 Å². The van der Waals surface area contributed by atoms with E-state index in [9.17, 15) is 4.79 Å². The zero-order chi connectivity index (χ0) is 17.4. The number of unbranched alkanes of at least 4 members (excludes halogenated alkanes) is 1. The fraction of sp³-hybridized carbons (Fsp3) is 0.650. The molecule has 0 aliphatic carbocycles. The number of ether oxygens (including phenoxy) is 1. The van der Waals surface area contributed by atoms with Crippen LogP contribution in [0.5, 0.6) is 0 Å². The summed E-state index contributed by atoms with van der Waals surface area (Å²) in [5, 5.41) is 0. The smallest absolute Gasteiger partial charge is 0.409 e. The van der Waals surface area contributed by atoms with Gasteiger partial charge in [-0.1, -0.05) is 43.7 Å². The Morgan fingerprint density at radius 2 is 1.79 bits per heavy atom. The third-order valence-corrected chi connectivity index (χ3v) is 4.81. The number of aryl methyl sites for hydroxylation is 1. The van der Waals surface area contributed by atoms with Gasteiger partial charge in [-0.25, -0.2) is 4.79 Å². The van der Waals surface area contributed by atoms with Crippen LogP contribution in [-0.4, -0.2) is 54.2 Å². The highest BCUT2D eigenvalue weighted by atomic mass is 16.6. The van der Waals surface area contributed by atoms with Crippen LogP contribution in [0.3, 0.4) is 0 Å². The quantitative estimate of drug-likeness (QED) is 0.709. The maximum Gasteiger partial charge on any atom is 0.409 e. The molecule has 1 aromatic rings. The molecule has 134 valence electrons. The number of rotatable bonds is 7. The molecule has 1 aliphatic heterocycles. The predicted molar refractivity (Wildman–Crippen MR) is 98.2 cm³/mol. The lowest BCUT2D eigenvalue weighted by Crippen LogP contribution is -2.58. The molecule has 0 aromatic heterocycles. The Kier molecular flexibility index (Phi) is 7.57. The summed E-state index contributed by atoms with van der Waals surface area (Å²) in [6.45, 7) is 9.67. The van der Waals surface area contributed by atoms with E-state index >= 15 is 0 Å². The van der Waals surface area contributed by atoms with Crippen LogP contribution in [0.1, 0.15) is 45.6 Å². The summed E-state index contributed by atoms with van der Waals surface area (Å²) in [4.78, 5) is 16.6. The van der Waals surface area contributed by atoms with Gasteiger partial charge in [-0.3, -0.25) is 4.90 Å².